The summed E-state index contributed by atoms with van der Waals surface area (Å²) in [5, 5.41) is 12.6. The lowest BCUT2D eigenvalue weighted by Gasteiger charge is -2.30. The zero-order chi connectivity index (χ0) is 78.8. The zero-order valence-electron chi connectivity index (χ0n) is 69.7. The predicted molar refractivity (Wildman–Crippen MR) is 462 cm³/mol. The highest BCUT2D eigenvalue weighted by molar-refractivity contribution is 6.41. The molecular formula is C98H140N4O10. The van der Waals surface area contributed by atoms with E-state index in [1.807, 2.05) is 84.9 Å². The highest BCUT2D eigenvalue weighted by Gasteiger charge is 2.37. The van der Waals surface area contributed by atoms with Crippen molar-refractivity contribution in [3.8, 4) is 23.0 Å². The van der Waals surface area contributed by atoms with E-state index in [-0.39, 0.29) is 48.5 Å². The van der Waals surface area contributed by atoms with Gasteiger partial charge in [0, 0.05) is 82.5 Å². The SMILES string of the molecule is CCCCCCCCCCCCOc1cc(OCCCCCCCCCCCC)cc(C(=O)NCCCCCCN2C(=O)c3ccc4c5ccc6c7c(ccc(c8ccc(c3c48)C2=O)c75)C(=O)N(CCCCCCNC(=O)c2cc(OCCCCCCCCCCCC)cc(OCCCCCCCCCCCC)c2)C6=O)c1. The summed E-state index contributed by atoms with van der Waals surface area (Å²) >= 11 is 0. The summed E-state index contributed by atoms with van der Waals surface area (Å²) in [6.45, 7) is 13.0. The summed E-state index contributed by atoms with van der Waals surface area (Å²) in [6.07, 6.45) is 56.0. The van der Waals surface area contributed by atoms with Crippen molar-refractivity contribution in [1.29, 1.82) is 0 Å². The quantitative estimate of drug-likeness (QED) is 0.0162. The number of hydrogen-bond donors (Lipinski definition) is 2. The molecule has 0 aromatic heterocycles. The van der Waals surface area contributed by atoms with Crippen LogP contribution in [0.2, 0.25) is 0 Å². The summed E-state index contributed by atoms with van der Waals surface area (Å²) in [5.41, 5.74) is 2.97. The molecule has 7 aromatic carbocycles. The molecule has 14 heteroatoms. The maximum atomic E-state index is 14.5. The van der Waals surface area contributed by atoms with Gasteiger partial charge in [-0.3, -0.25) is 38.6 Å². The first kappa shape index (κ1) is 88.2. The fraction of sp³-hybridized carbons (Fsp3) is 0.612. The van der Waals surface area contributed by atoms with Gasteiger partial charge in [0.2, 0.25) is 0 Å². The van der Waals surface area contributed by atoms with E-state index in [2.05, 4.69) is 38.3 Å². The van der Waals surface area contributed by atoms with Gasteiger partial charge in [-0.1, -0.05) is 309 Å². The van der Waals surface area contributed by atoms with Crippen LogP contribution in [-0.4, -0.2) is 97.8 Å². The van der Waals surface area contributed by atoms with Gasteiger partial charge in [0.1, 0.15) is 23.0 Å². The van der Waals surface area contributed by atoms with Crippen molar-refractivity contribution >= 4 is 78.5 Å². The van der Waals surface area contributed by atoms with Crippen LogP contribution in [0, 0.1) is 0 Å². The Labute approximate surface area is 672 Å². The molecule has 112 heavy (non-hydrogen) atoms. The second-order valence-electron chi connectivity index (χ2n) is 32.5. The van der Waals surface area contributed by atoms with Crippen molar-refractivity contribution in [2.75, 3.05) is 52.6 Å². The average Bonchev–Trinajstić information content (AvgIpc) is 0.691. The zero-order valence-corrected chi connectivity index (χ0v) is 69.7. The van der Waals surface area contributed by atoms with Crippen LogP contribution < -0.4 is 29.6 Å². The molecule has 0 aliphatic carbocycles. The molecule has 0 atom stereocenters. The van der Waals surface area contributed by atoms with Gasteiger partial charge in [0.15, 0.2) is 0 Å². The van der Waals surface area contributed by atoms with Crippen molar-refractivity contribution in [3.63, 3.8) is 0 Å². The van der Waals surface area contributed by atoms with E-state index in [1.54, 1.807) is 0 Å². The molecule has 2 aliphatic heterocycles. The van der Waals surface area contributed by atoms with Crippen molar-refractivity contribution in [3.05, 3.63) is 118 Å². The van der Waals surface area contributed by atoms with Crippen LogP contribution in [0.3, 0.4) is 0 Å². The first-order chi connectivity index (χ1) is 55.1. The van der Waals surface area contributed by atoms with E-state index < -0.39 is 0 Å². The number of unbranched alkanes of at least 4 members (excludes halogenated alkanes) is 42. The lowest BCUT2D eigenvalue weighted by Crippen LogP contribution is -2.41. The molecule has 0 saturated heterocycles. The third-order valence-corrected chi connectivity index (χ3v) is 23.3. The molecule has 612 valence electrons. The highest BCUT2D eigenvalue weighted by Crippen LogP contribution is 2.47. The molecule has 0 bridgehead atoms. The molecule has 9 rings (SSSR count). The van der Waals surface area contributed by atoms with E-state index >= 15 is 0 Å². The van der Waals surface area contributed by atoms with Gasteiger partial charge in [-0.05, 0) is 132 Å². The Balaban J connectivity index is 0.726. The number of rotatable bonds is 64. The smallest absolute Gasteiger partial charge is 0.261 e. The van der Waals surface area contributed by atoms with Crippen LogP contribution in [0.15, 0.2) is 84.9 Å². The lowest BCUT2D eigenvalue weighted by atomic mass is 9.82. The fourth-order valence-electron chi connectivity index (χ4n) is 16.7. The van der Waals surface area contributed by atoms with Crippen LogP contribution in [-0.2, 0) is 0 Å². The molecule has 2 N–H and O–H groups in total. The van der Waals surface area contributed by atoms with Crippen LogP contribution >= 0.6 is 0 Å². The van der Waals surface area contributed by atoms with E-state index in [4.69, 9.17) is 18.9 Å². The number of fused-ring (bicyclic) bond motifs is 2. The van der Waals surface area contributed by atoms with E-state index in [0.717, 1.165) is 122 Å². The number of benzene rings is 7. The maximum Gasteiger partial charge on any atom is 0.261 e. The van der Waals surface area contributed by atoms with Gasteiger partial charge in [-0.2, -0.15) is 0 Å². The minimum absolute atomic E-state index is 0.166. The van der Waals surface area contributed by atoms with Gasteiger partial charge in [0.05, 0.1) is 26.4 Å². The first-order valence-corrected chi connectivity index (χ1v) is 45.4. The van der Waals surface area contributed by atoms with Crippen molar-refractivity contribution in [2.24, 2.45) is 0 Å². The topological polar surface area (TPSA) is 170 Å². The van der Waals surface area contributed by atoms with Crippen LogP contribution in [0.25, 0.3) is 43.1 Å². The predicted octanol–water partition coefficient (Wildman–Crippen LogP) is 26.1. The Morgan fingerprint density at radius 2 is 0.473 bits per heavy atom. The molecular weight excluding hydrogens is 1390 g/mol. The number of carbonyl (C=O) groups excluding carboxylic acids is 6. The molecule has 0 spiro atoms. The largest absolute Gasteiger partial charge is 0.493 e. The summed E-state index contributed by atoms with van der Waals surface area (Å²) in [5.74, 6) is 1.03. The maximum absolute atomic E-state index is 14.5. The van der Waals surface area contributed by atoms with Gasteiger partial charge < -0.3 is 29.6 Å². The lowest BCUT2D eigenvalue weighted by molar-refractivity contribution is 0.0592. The molecule has 2 heterocycles. The molecule has 0 fully saturated rings. The molecule has 0 saturated carbocycles. The second-order valence-corrected chi connectivity index (χ2v) is 32.5. The highest BCUT2D eigenvalue weighted by atomic mass is 16.5. The number of amides is 6. The number of carbonyl (C=O) groups is 6. The molecule has 14 nitrogen and oxygen atoms in total. The van der Waals surface area contributed by atoms with Crippen LogP contribution in [0.1, 0.15) is 398 Å². The number of nitrogens with zero attached hydrogens (tertiary/aromatic N) is 2. The normalized spacial score (nSPS) is 12.8. The number of hydrogen-bond acceptors (Lipinski definition) is 10. The molecule has 0 unspecified atom stereocenters. The number of ether oxygens (including phenoxy) is 4. The van der Waals surface area contributed by atoms with E-state index in [9.17, 15) is 28.8 Å². The molecule has 0 radical (unpaired) electrons. The van der Waals surface area contributed by atoms with Crippen LogP contribution in [0.4, 0.5) is 0 Å². The Morgan fingerprint density at radius 3 is 0.714 bits per heavy atom. The average molecular weight is 1530 g/mol. The Kier molecular flexibility index (Phi) is 39.8. The second kappa shape index (κ2) is 50.5. The van der Waals surface area contributed by atoms with E-state index in [1.165, 1.54) is 215 Å². The van der Waals surface area contributed by atoms with Gasteiger partial charge in [-0.25, -0.2) is 0 Å². The Hall–Kier alpha value is -7.74. The summed E-state index contributed by atoms with van der Waals surface area (Å²) < 4.78 is 25.1. The third-order valence-electron chi connectivity index (χ3n) is 23.3. The van der Waals surface area contributed by atoms with Gasteiger partial charge in [-0.15, -0.1) is 0 Å². The minimum atomic E-state index is -0.319. The van der Waals surface area contributed by atoms with E-state index in [0.29, 0.717) is 120 Å². The Morgan fingerprint density at radius 1 is 0.259 bits per heavy atom. The summed E-state index contributed by atoms with van der Waals surface area (Å²) in [7, 11) is 0. The number of imide groups is 2. The molecule has 2 aliphatic rings. The van der Waals surface area contributed by atoms with Crippen molar-refractivity contribution in [2.45, 2.75) is 336 Å². The minimum Gasteiger partial charge on any atom is -0.493 e. The first-order valence-electron chi connectivity index (χ1n) is 45.4. The van der Waals surface area contributed by atoms with Crippen molar-refractivity contribution in [1.82, 2.24) is 20.4 Å². The number of nitrogens with one attached hydrogen (secondary N) is 2. The Bertz CT molecular complexity index is 3550. The third kappa shape index (κ3) is 27.2. The molecule has 6 amide bonds. The van der Waals surface area contributed by atoms with Crippen molar-refractivity contribution < 1.29 is 47.7 Å². The summed E-state index contributed by atoms with van der Waals surface area (Å²) in [6, 6.07) is 26.3. The van der Waals surface area contributed by atoms with Gasteiger partial charge in [0.25, 0.3) is 35.4 Å². The standard InChI is InChI=1S/C98H140N4O10/c1-5-9-13-17-21-25-29-33-41-49-65-109-77-69-75(70-78(73-77)110-66-50-42-34-30-26-22-18-14-10-6-2)93(103)99-61-45-37-39-47-63-101-95(105)85-57-53-81-83-55-59-87-92-88(60-56-84(90(83)92)82-54-58-86(96(101)106)91(85)89(81)82)98(108)102(97(87)107)64-48-40-38-46-62-100-94(104)76-71-79(111-67-51-43-35-31-27-23-19-15-11-7-3)74-80(72-76)112-68-52-44-36-32-28-24-20-16-12-8-4/h53-60,69-74H,5-52,61-68H2,1-4H3,(H,99,103)(H,100,104). The summed E-state index contributed by atoms with van der Waals surface area (Å²) in [4.78, 5) is 88.1. The van der Waals surface area contributed by atoms with Crippen LogP contribution in [0.5, 0.6) is 23.0 Å². The van der Waals surface area contributed by atoms with Gasteiger partial charge >= 0.3 is 0 Å². The monoisotopic (exact) mass is 1530 g/mol. The molecule has 7 aromatic rings. The fourth-order valence-corrected chi connectivity index (χ4v) is 16.7.